The van der Waals surface area contributed by atoms with Crippen LogP contribution in [0, 0.1) is 0 Å². The summed E-state index contributed by atoms with van der Waals surface area (Å²) in [4.78, 5) is 7.19. The van der Waals surface area contributed by atoms with Gasteiger partial charge in [0, 0.05) is 30.7 Å². The Hall–Kier alpha value is -1.31. The van der Waals surface area contributed by atoms with Crippen LogP contribution in [0.2, 0.25) is 0 Å². The Balaban J connectivity index is 2.50. The monoisotopic (exact) mass is 132 g/mol. The molecule has 0 spiro atoms. The summed E-state index contributed by atoms with van der Waals surface area (Å²) in [5.74, 6) is 0. The third kappa shape index (κ3) is 0.778. The fourth-order valence-electron chi connectivity index (χ4n) is 1.08. The Morgan fingerprint density at radius 1 is 1.50 bits per heavy atom. The van der Waals surface area contributed by atoms with Gasteiger partial charge in [0.05, 0.1) is 0 Å². The molecule has 0 fully saturated rings. The van der Waals surface area contributed by atoms with Crippen molar-refractivity contribution >= 4 is 12.3 Å². The molecule has 0 amide bonds. The van der Waals surface area contributed by atoms with Crippen LogP contribution in [0.5, 0.6) is 0 Å². The number of nitrogens with one attached hydrogen (secondary N) is 1. The van der Waals surface area contributed by atoms with Crippen LogP contribution in [0.1, 0.15) is 11.3 Å². The second-order valence-corrected chi connectivity index (χ2v) is 2.26. The molecule has 0 atom stereocenters. The fraction of sp³-hybridized carbons (Fsp3) is 0.125. The first-order valence-corrected chi connectivity index (χ1v) is 3.31. The van der Waals surface area contributed by atoms with Crippen LogP contribution in [-0.2, 0) is 6.42 Å². The molecule has 1 aromatic heterocycles. The quantitative estimate of drug-likeness (QED) is 0.555. The highest BCUT2D eigenvalue weighted by atomic mass is 14.7. The summed E-state index contributed by atoms with van der Waals surface area (Å²) in [5, 5.41) is 0. The van der Waals surface area contributed by atoms with Crippen molar-refractivity contribution in [1.82, 2.24) is 4.98 Å². The lowest BCUT2D eigenvalue weighted by Crippen LogP contribution is -1.85. The van der Waals surface area contributed by atoms with E-state index < -0.39 is 0 Å². The maximum absolute atomic E-state index is 4.03. The molecule has 0 unspecified atom stereocenters. The van der Waals surface area contributed by atoms with E-state index in [0.29, 0.717) is 0 Å². The third-order valence-corrected chi connectivity index (χ3v) is 1.61. The maximum atomic E-state index is 4.03. The number of aromatic amines is 1. The van der Waals surface area contributed by atoms with Crippen LogP contribution in [-0.4, -0.2) is 11.2 Å². The minimum atomic E-state index is 0.912. The molecule has 0 bridgehead atoms. The van der Waals surface area contributed by atoms with Gasteiger partial charge in [0.1, 0.15) is 0 Å². The van der Waals surface area contributed by atoms with Crippen LogP contribution in [0.3, 0.4) is 0 Å². The van der Waals surface area contributed by atoms with Gasteiger partial charge in [-0.25, -0.2) is 0 Å². The van der Waals surface area contributed by atoms with E-state index in [0.717, 1.165) is 6.42 Å². The largest absolute Gasteiger partial charge is 0.364 e. The second kappa shape index (κ2) is 2.14. The Labute approximate surface area is 59.3 Å². The van der Waals surface area contributed by atoms with Gasteiger partial charge in [-0.3, -0.25) is 4.99 Å². The fourth-order valence-corrected chi connectivity index (χ4v) is 1.08. The zero-order chi connectivity index (χ0) is 6.81. The molecule has 2 heterocycles. The van der Waals surface area contributed by atoms with Crippen LogP contribution in [0.4, 0.5) is 0 Å². The van der Waals surface area contributed by atoms with E-state index in [1.165, 1.54) is 11.3 Å². The molecule has 1 aliphatic heterocycles. The summed E-state index contributed by atoms with van der Waals surface area (Å²) in [6, 6.07) is 2.06. The van der Waals surface area contributed by atoms with E-state index in [1.54, 1.807) is 0 Å². The molecule has 1 aliphatic rings. The lowest BCUT2D eigenvalue weighted by atomic mass is 10.2. The Morgan fingerprint density at radius 3 is 3.50 bits per heavy atom. The number of fused-ring (bicyclic) bond motifs is 1. The Bertz CT molecular complexity index is 281. The van der Waals surface area contributed by atoms with Crippen molar-refractivity contribution in [3.8, 4) is 0 Å². The molecule has 0 saturated heterocycles. The van der Waals surface area contributed by atoms with Gasteiger partial charge < -0.3 is 4.98 Å². The van der Waals surface area contributed by atoms with Gasteiger partial charge in [-0.05, 0) is 17.7 Å². The first kappa shape index (κ1) is 5.47. The van der Waals surface area contributed by atoms with Crippen molar-refractivity contribution in [1.29, 1.82) is 0 Å². The third-order valence-electron chi connectivity index (χ3n) is 1.61. The Kier molecular flexibility index (Phi) is 1.17. The van der Waals surface area contributed by atoms with E-state index in [4.69, 9.17) is 0 Å². The minimum absolute atomic E-state index is 0.912. The second-order valence-electron chi connectivity index (χ2n) is 2.26. The SMILES string of the molecule is C1=Cc2cc[nH]c2CC=N1. The van der Waals surface area contributed by atoms with Crippen molar-refractivity contribution in [2.75, 3.05) is 0 Å². The Morgan fingerprint density at radius 2 is 2.50 bits per heavy atom. The molecule has 0 saturated carbocycles. The number of hydrogen-bond donors (Lipinski definition) is 1. The van der Waals surface area contributed by atoms with Crippen molar-refractivity contribution in [3.05, 3.63) is 29.7 Å². The van der Waals surface area contributed by atoms with Crippen LogP contribution in [0.25, 0.3) is 6.08 Å². The highest BCUT2D eigenvalue weighted by molar-refractivity contribution is 5.68. The number of H-pyrrole nitrogens is 1. The molecule has 1 aromatic rings. The van der Waals surface area contributed by atoms with Gasteiger partial charge in [-0.15, -0.1) is 0 Å². The highest BCUT2D eigenvalue weighted by Crippen LogP contribution is 2.10. The van der Waals surface area contributed by atoms with E-state index in [-0.39, 0.29) is 0 Å². The zero-order valence-electron chi connectivity index (χ0n) is 5.54. The first-order chi connectivity index (χ1) is 4.97. The van der Waals surface area contributed by atoms with E-state index >= 15 is 0 Å². The van der Waals surface area contributed by atoms with Crippen molar-refractivity contribution in [2.24, 2.45) is 4.99 Å². The summed E-state index contributed by atoms with van der Waals surface area (Å²) >= 11 is 0. The molecule has 0 aromatic carbocycles. The number of hydrogen-bond acceptors (Lipinski definition) is 1. The number of nitrogens with zero attached hydrogens (tertiary/aromatic N) is 1. The summed E-state index contributed by atoms with van der Waals surface area (Å²) in [6.45, 7) is 0. The molecule has 10 heavy (non-hydrogen) atoms. The molecular weight excluding hydrogens is 124 g/mol. The van der Waals surface area contributed by atoms with Gasteiger partial charge in [-0.2, -0.15) is 0 Å². The van der Waals surface area contributed by atoms with Gasteiger partial charge in [0.2, 0.25) is 0 Å². The maximum Gasteiger partial charge on any atom is 0.0275 e. The molecule has 1 N–H and O–H groups in total. The van der Waals surface area contributed by atoms with Crippen molar-refractivity contribution in [2.45, 2.75) is 6.42 Å². The summed E-state index contributed by atoms with van der Waals surface area (Å²) in [6.07, 6.45) is 8.59. The highest BCUT2D eigenvalue weighted by Gasteiger charge is 1.99. The number of aromatic nitrogens is 1. The van der Waals surface area contributed by atoms with Crippen molar-refractivity contribution < 1.29 is 0 Å². The van der Waals surface area contributed by atoms with E-state index in [2.05, 4.69) is 16.0 Å². The van der Waals surface area contributed by atoms with Gasteiger partial charge in [0.15, 0.2) is 0 Å². The smallest absolute Gasteiger partial charge is 0.0275 e. The lowest BCUT2D eigenvalue weighted by Gasteiger charge is -1.89. The molecular formula is C8H8N2. The van der Waals surface area contributed by atoms with Crippen LogP contribution < -0.4 is 0 Å². The van der Waals surface area contributed by atoms with Gasteiger partial charge in [-0.1, -0.05) is 0 Å². The normalized spacial score (nSPS) is 14.8. The lowest BCUT2D eigenvalue weighted by molar-refractivity contribution is 1.20. The number of rotatable bonds is 0. The average molecular weight is 132 g/mol. The molecule has 0 aliphatic carbocycles. The molecule has 2 rings (SSSR count). The predicted octanol–water partition coefficient (Wildman–Crippen LogP) is 1.61. The average Bonchev–Trinajstić information content (AvgIpc) is 2.28. The first-order valence-electron chi connectivity index (χ1n) is 3.31. The van der Waals surface area contributed by atoms with Crippen LogP contribution in [0.15, 0.2) is 23.5 Å². The van der Waals surface area contributed by atoms with Gasteiger partial charge in [0.25, 0.3) is 0 Å². The summed E-state index contributed by atoms with van der Waals surface area (Å²) in [5.41, 5.74) is 2.50. The molecule has 0 radical (unpaired) electrons. The topological polar surface area (TPSA) is 28.1 Å². The number of aliphatic imine (C=N–C) groups is 1. The zero-order valence-corrected chi connectivity index (χ0v) is 5.54. The van der Waals surface area contributed by atoms with Crippen molar-refractivity contribution in [3.63, 3.8) is 0 Å². The molecule has 50 valence electrons. The summed E-state index contributed by atoms with van der Waals surface area (Å²) < 4.78 is 0. The minimum Gasteiger partial charge on any atom is -0.364 e. The summed E-state index contributed by atoms with van der Waals surface area (Å²) in [7, 11) is 0. The molecule has 2 nitrogen and oxygen atoms in total. The van der Waals surface area contributed by atoms with Gasteiger partial charge >= 0.3 is 0 Å². The van der Waals surface area contributed by atoms with Crippen LogP contribution >= 0.6 is 0 Å². The standard InChI is InChI=1S/C8H8N2/c1-4-9-5-3-8-7(1)2-6-10-8/h1-2,4-6,10H,3H2. The van der Waals surface area contributed by atoms with E-state index in [1.807, 2.05) is 24.7 Å². The van der Waals surface area contributed by atoms with E-state index in [9.17, 15) is 0 Å². The predicted molar refractivity (Wildman–Crippen MR) is 42.0 cm³/mol. The molecule has 2 heteroatoms.